The van der Waals surface area contributed by atoms with Crippen LogP contribution in [-0.2, 0) is 4.79 Å². The van der Waals surface area contributed by atoms with E-state index in [9.17, 15) is 14.4 Å². The normalized spacial score (nSPS) is 18.0. The molecule has 1 aromatic carbocycles. The van der Waals surface area contributed by atoms with Crippen molar-refractivity contribution in [2.45, 2.75) is 45.6 Å². The predicted molar refractivity (Wildman–Crippen MR) is 101 cm³/mol. The average Bonchev–Trinajstić information content (AvgIpc) is 3.03. The molecule has 0 radical (unpaired) electrons. The summed E-state index contributed by atoms with van der Waals surface area (Å²) in [6, 6.07) is 9.46. The Bertz CT molecular complexity index is 952. The number of ketones is 1. The van der Waals surface area contributed by atoms with Crippen LogP contribution < -0.4 is 5.32 Å². The summed E-state index contributed by atoms with van der Waals surface area (Å²) in [5, 5.41) is 2.77. The summed E-state index contributed by atoms with van der Waals surface area (Å²) in [7, 11) is 0. The second kappa shape index (κ2) is 6.08. The third-order valence-electron chi connectivity index (χ3n) is 5.78. The first-order valence-electron chi connectivity index (χ1n) is 9.26. The van der Waals surface area contributed by atoms with E-state index >= 15 is 0 Å². The molecule has 2 aliphatic rings. The first-order valence-corrected chi connectivity index (χ1v) is 9.26. The summed E-state index contributed by atoms with van der Waals surface area (Å²) < 4.78 is 2.02. The monoisotopic (exact) mass is 365 g/mol. The lowest BCUT2D eigenvalue weighted by molar-refractivity contribution is -0.133. The predicted octanol–water partition coefficient (Wildman–Crippen LogP) is 3.06. The topological polar surface area (TPSA) is 71.4 Å². The molecule has 140 valence electrons. The second-order valence-corrected chi connectivity index (χ2v) is 7.64. The Morgan fingerprint density at radius 2 is 1.78 bits per heavy atom. The van der Waals surface area contributed by atoms with Crippen molar-refractivity contribution in [3.63, 3.8) is 0 Å². The standard InChI is InChI=1S/C21H23N3O3/c1-13-5-7-16(8-6-13)24-14(2)11-17(15(24)3)18(25)12-23-19(26)21(9-4-10-21)22-20(23)27/h5-8,11H,4,9-10,12H2,1-3H3,(H,22,27). The molecular formula is C21H23N3O3. The van der Waals surface area contributed by atoms with Crippen molar-refractivity contribution < 1.29 is 14.4 Å². The maximum absolute atomic E-state index is 12.9. The van der Waals surface area contributed by atoms with Crippen LogP contribution in [0.2, 0.25) is 0 Å². The molecule has 2 heterocycles. The molecule has 1 aliphatic carbocycles. The smallest absolute Gasteiger partial charge is 0.323 e. The molecule has 6 nitrogen and oxygen atoms in total. The summed E-state index contributed by atoms with van der Waals surface area (Å²) in [5.74, 6) is -0.485. The van der Waals surface area contributed by atoms with Gasteiger partial charge in [-0.3, -0.25) is 14.5 Å². The highest BCUT2D eigenvalue weighted by atomic mass is 16.2. The molecule has 0 unspecified atom stereocenters. The lowest BCUT2D eigenvalue weighted by Crippen LogP contribution is -2.52. The number of urea groups is 1. The maximum Gasteiger partial charge on any atom is 0.325 e. The first-order chi connectivity index (χ1) is 12.8. The van der Waals surface area contributed by atoms with Crippen LogP contribution in [-0.4, -0.2) is 39.3 Å². The number of aryl methyl sites for hydroxylation is 2. The largest absolute Gasteiger partial charge is 0.325 e. The highest BCUT2D eigenvalue weighted by Crippen LogP contribution is 2.37. The van der Waals surface area contributed by atoms with Gasteiger partial charge >= 0.3 is 6.03 Å². The Kier molecular flexibility index (Phi) is 3.94. The van der Waals surface area contributed by atoms with Crippen LogP contribution in [0.25, 0.3) is 5.69 Å². The molecule has 2 fully saturated rings. The Labute approximate surface area is 158 Å². The molecule has 1 spiro atoms. The van der Waals surface area contributed by atoms with Gasteiger partial charge in [0.2, 0.25) is 0 Å². The Balaban J connectivity index is 1.60. The van der Waals surface area contributed by atoms with Crippen LogP contribution in [0.5, 0.6) is 0 Å². The number of aromatic nitrogens is 1. The van der Waals surface area contributed by atoms with E-state index in [-0.39, 0.29) is 18.2 Å². The van der Waals surface area contributed by atoms with E-state index in [1.54, 1.807) is 0 Å². The number of rotatable bonds is 4. The van der Waals surface area contributed by atoms with Gasteiger partial charge < -0.3 is 9.88 Å². The molecule has 1 N–H and O–H groups in total. The second-order valence-electron chi connectivity index (χ2n) is 7.64. The van der Waals surface area contributed by atoms with Gasteiger partial charge in [-0.05, 0) is 58.2 Å². The molecule has 4 rings (SSSR count). The van der Waals surface area contributed by atoms with Gasteiger partial charge in [-0.2, -0.15) is 0 Å². The van der Waals surface area contributed by atoms with Crippen molar-refractivity contribution in [3.8, 4) is 5.69 Å². The Hall–Kier alpha value is -2.89. The zero-order valence-electron chi connectivity index (χ0n) is 15.8. The fourth-order valence-corrected chi connectivity index (χ4v) is 4.05. The summed E-state index contributed by atoms with van der Waals surface area (Å²) in [5.41, 5.74) is 3.69. The fourth-order valence-electron chi connectivity index (χ4n) is 4.05. The van der Waals surface area contributed by atoms with Crippen LogP contribution in [0.1, 0.15) is 46.6 Å². The van der Waals surface area contributed by atoms with Gasteiger partial charge in [0.05, 0.1) is 6.54 Å². The SMILES string of the molecule is Cc1ccc(-n2c(C)cc(C(=O)CN3C(=O)NC4(CCC4)C3=O)c2C)cc1. The van der Waals surface area contributed by atoms with E-state index in [0.29, 0.717) is 18.4 Å². The quantitative estimate of drug-likeness (QED) is 0.669. The highest BCUT2D eigenvalue weighted by molar-refractivity contribution is 6.11. The number of hydrogen-bond acceptors (Lipinski definition) is 3. The zero-order chi connectivity index (χ0) is 19.3. The van der Waals surface area contributed by atoms with Crippen LogP contribution in [0.4, 0.5) is 4.79 Å². The number of nitrogens with zero attached hydrogens (tertiary/aromatic N) is 2. The third-order valence-corrected chi connectivity index (χ3v) is 5.78. The summed E-state index contributed by atoms with van der Waals surface area (Å²) in [6.07, 6.45) is 2.24. The number of carbonyl (C=O) groups is 3. The number of Topliss-reactive ketones (excluding diaryl/α,β-unsaturated/α-hetero) is 1. The van der Waals surface area contributed by atoms with Crippen LogP contribution in [0, 0.1) is 20.8 Å². The fraction of sp³-hybridized carbons (Fsp3) is 0.381. The highest BCUT2D eigenvalue weighted by Gasteiger charge is 2.55. The minimum absolute atomic E-state index is 0.218. The minimum Gasteiger partial charge on any atom is -0.323 e. The molecule has 0 atom stereocenters. The van der Waals surface area contributed by atoms with Gasteiger partial charge in [-0.15, -0.1) is 0 Å². The number of amides is 3. The molecule has 1 saturated carbocycles. The van der Waals surface area contributed by atoms with Gasteiger partial charge in [-0.1, -0.05) is 17.7 Å². The molecule has 2 aromatic rings. The number of carbonyl (C=O) groups excluding carboxylic acids is 3. The molecule has 1 aliphatic heterocycles. The summed E-state index contributed by atoms with van der Waals surface area (Å²) in [6.45, 7) is 5.64. The first kappa shape index (κ1) is 17.5. The minimum atomic E-state index is -0.754. The molecule has 27 heavy (non-hydrogen) atoms. The van der Waals surface area contributed by atoms with E-state index in [0.717, 1.165) is 28.4 Å². The van der Waals surface area contributed by atoms with Crippen LogP contribution in [0.15, 0.2) is 30.3 Å². The molecule has 1 aromatic heterocycles. The van der Waals surface area contributed by atoms with E-state index in [1.807, 2.05) is 55.7 Å². The van der Waals surface area contributed by atoms with E-state index in [4.69, 9.17) is 0 Å². The van der Waals surface area contributed by atoms with Gasteiger partial charge in [0, 0.05) is 22.6 Å². The lowest BCUT2D eigenvalue weighted by atomic mass is 9.77. The Morgan fingerprint density at radius 1 is 1.11 bits per heavy atom. The van der Waals surface area contributed by atoms with Crippen molar-refractivity contribution in [2.75, 3.05) is 6.54 Å². The van der Waals surface area contributed by atoms with Gasteiger partial charge in [0.1, 0.15) is 5.54 Å². The van der Waals surface area contributed by atoms with Crippen LogP contribution in [0.3, 0.4) is 0 Å². The van der Waals surface area contributed by atoms with Crippen molar-refractivity contribution in [1.29, 1.82) is 0 Å². The number of nitrogens with one attached hydrogen (secondary N) is 1. The molecule has 1 saturated heterocycles. The van der Waals surface area contributed by atoms with E-state index in [2.05, 4.69) is 5.32 Å². The number of benzene rings is 1. The molecule has 3 amide bonds. The average molecular weight is 365 g/mol. The van der Waals surface area contributed by atoms with Crippen LogP contribution >= 0.6 is 0 Å². The zero-order valence-corrected chi connectivity index (χ0v) is 15.8. The van der Waals surface area contributed by atoms with Gasteiger partial charge in [-0.25, -0.2) is 4.79 Å². The lowest BCUT2D eigenvalue weighted by Gasteiger charge is -2.34. The molecular weight excluding hydrogens is 342 g/mol. The Morgan fingerprint density at radius 3 is 2.33 bits per heavy atom. The third kappa shape index (κ3) is 2.67. The van der Waals surface area contributed by atoms with E-state index in [1.165, 1.54) is 5.56 Å². The van der Waals surface area contributed by atoms with Crippen molar-refractivity contribution >= 4 is 17.7 Å². The van der Waals surface area contributed by atoms with E-state index < -0.39 is 11.6 Å². The summed E-state index contributed by atoms with van der Waals surface area (Å²) in [4.78, 5) is 38.8. The van der Waals surface area contributed by atoms with Gasteiger partial charge in [0.15, 0.2) is 5.78 Å². The summed E-state index contributed by atoms with van der Waals surface area (Å²) >= 11 is 0. The number of hydrogen-bond donors (Lipinski definition) is 1. The van der Waals surface area contributed by atoms with Crippen molar-refractivity contribution in [1.82, 2.24) is 14.8 Å². The molecule has 0 bridgehead atoms. The van der Waals surface area contributed by atoms with Gasteiger partial charge in [0.25, 0.3) is 5.91 Å². The molecule has 6 heteroatoms. The number of imide groups is 1. The maximum atomic E-state index is 12.9. The van der Waals surface area contributed by atoms with Crippen molar-refractivity contribution in [3.05, 3.63) is 52.8 Å². The van der Waals surface area contributed by atoms with Crippen molar-refractivity contribution in [2.24, 2.45) is 0 Å².